The molecule has 0 spiro atoms. The lowest BCUT2D eigenvalue weighted by molar-refractivity contribution is -0.128. The Labute approximate surface area is 113 Å². The van der Waals surface area contributed by atoms with Crippen molar-refractivity contribution in [2.24, 2.45) is 0 Å². The molecule has 4 nitrogen and oxygen atoms in total. The first-order valence-electron chi connectivity index (χ1n) is 6.55. The van der Waals surface area contributed by atoms with Crippen molar-refractivity contribution in [3.05, 3.63) is 23.5 Å². The van der Waals surface area contributed by atoms with Crippen molar-refractivity contribution in [2.45, 2.75) is 20.3 Å². The summed E-state index contributed by atoms with van der Waals surface area (Å²) in [7, 11) is 0. The van der Waals surface area contributed by atoms with E-state index in [9.17, 15) is 9.18 Å². The van der Waals surface area contributed by atoms with Crippen LogP contribution in [-0.2, 0) is 4.79 Å². The number of anilines is 2. The third-order valence-corrected chi connectivity index (χ3v) is 3.59. The fourth-order valence-electron chi connectivity index (χ4n) is 2.43. The van der Waals surface area contributed by atoms with Gasteiger partial charge in [-0.1, -0.05) is 0 Å². The van der Waals surface area contributed by atoms with Gasteiger partial charge in [0.25, 0.3) is 0 Å². The van der Waals surface area contributed by atoms with Crippen LogP contribution in [-0.4, -0.2) is 37.0 Å². The Morgan fingerprint density at radius 3 is 2.68 bits per heavy atom. The second-order valence-corrected chi connectivity index (χ2v) is 5.01. The summed E-state index contributed by atoms with van der Waals surface area (Å²) in [6.07, 6.45) is 0.898. The maximum absolute atomic E-state index is 13.4. The van der Waals surface area contributed by atoms with E-state index in [1.54, 1.807) is 19.9 Å². The molecule has 0 radical (unpaired) electrons. The van der Waals surface area contributed by atoms with Crippen LogP contribution < -0.4 is 10.6 Å². The van der Waals surface area contributed by atoms with E-state index in [2.05, 4.69) is 4.90 Å². The molecule has 0 bridgehead atoms. The van der Waals surface area contributed by atoms with Crippen molar-refractivity contribution in [1.82, 2.24) is 4.90 Å². The van der Waals surface area contributed by atoms with Crippen LogP contribution in [0.2, 0.25) is 0 Å². The number of carbonyl (C=O) groups excluding carboxylic acids is 1. The Morgan fingerprint density at radius 2 is 2.00 bits per heavy atom. The van der Waals surface area contributed by atoms with Crippen LogP contribution in [0.1, 0.15) is 18.9 Å². The second-order valence-electron chi connectivity index (χ2n) is 5.01. The molecule has 2 rings (SSSR count). The van der Waals surface area contributed by atoms with Crippen molar-refractivity contribution < 1.29 is 9.18 Å². The lowest BCUT2D eigenvalue weighted by Crippen LogP contribution is -2.33. The molecule has 0 aliphatic carbocycles. The average molecular weight is 265 g/mol. The molecule has 0 unspecified atom stereocenters. The first-order chi connectivity index (χ1) is 8.99. The summed E-state index contributed by atoms with van der Waals surface area (Å²) in [6, 6.07) is 3.16. The number of rotatable bonds is 1. The summed E-state index contributed by atoms with van der Waals surface area (Å²) < 4.78 is 13.4. The molecule has 0 atom stereocenters. The maximum atomic E-state index is 13.4. The molecule has 1 aromatic carbocycles. The standard InChI is InChI=1S/C14H20FN3O/c1-10-8-14(13(16)9-12(10)15)18-5-3-4-17(6-7-18)11(2)19/h8-9H,3-7,16H2,1-2H3. The number of nitrogens with two attached hydrogens (primary N) is 1. The highest BCUT2D eigenvalue weighted by atomic mass is 19.1. The molecule has 104 valence electrons. The van der Waals surface area contributed by atoms with Crippen molar-refractivity contribution in [2.75, 3.05) is 36.8 Å². The molecular weight excluding hydrogens is 245 g/mol. The van der Waals surface area contributed by atoms with Gasteiger partial charge < -0.3 is 15.5 Å². The fourth-order valence-corrected chi connectivity index (χ4v) is 2.43. The topological polar surface area (TPSA) is 49.6 Å². The number of hydrogen-bond acceptors (Lipinski definition) is 3. The molecule has 5 heteroatoms. The zero-order chi connectivity index (χ0) is 14.0. The van der Waals surface area contributed by atoms with E-state index >= 15 is 0 Å². The van der Waals surface area contributed by atoms with E-state index in [4.69, 9.17) is 5.73 Å². The summed E-state index contributed by atoms with van der Waals surface area (Å²) in [4.78, 5) is 15.4. The van der Waals surface area contributed by atoms with Crippen molar-refractivity contribution in [1.29, 1.82) is 0 Å². The first kappa shape index (κ1) is 13.6. The number of amides is 1. The van der Waals surface area contributed by atoms with E-state index in [1.165, 1.54) is 6.07 Å². The molecule has 19 heavy (non-hydrogen) atoms. The molecule has 1 aliphatic rings. The van der Waals surface area contributed by atoms with Crippen molar-refractivity contribution in [3.63, 3.8) is 0 Å². The van der Waals surface area contributed by atoms with Gasteiger partial charge in [-0.3, -0.25) is 4.79 Å². The normalized spacial score (nSPS) is 16.4. The fraction of sp³-hybridized carbons (Fsp3) is 0.500. The largest absolute Gasteiger partial charge is 0.397 e. The summed E-state index contributed by atoms with van der Waals surface area (Å²) in [5.74, 6) is -0.174. The third-order valence-electron chi connectivity index (χ3n) is 3.59. The zero-order valence-electron chi connectivity index (χ0n) is 11.4. The second kappa shape index (κ2) is 5.47. The van der Waals surface area contributed by atoms with Gasteiger partial charge in [-0.15, -0.1) is 0 Å². The SMILES string of the molecule is CC(=O)N1CCCN(c2cc(C)c(F)cc2N)CC1. The van der Waals surface area contributed by atoms with Gasteiger partial charge in [-0.2, -0.15) is 0 Å². The molecular formula is C14H20FN3O. The number of carbonyl (C=O) groups is 1. The quantitative estimate of drug-likeness (QED) is 0.787. The average Bonchev–Trinajstić information content (AvgIpc) is 2.59. The Bertz CT molecular complexity index is 490. The Balaban J connectivity index is 2.18. The summed E-state index contributed by atoms with van der Waals surface area (Å²) in [5, 5.41) is 0. The van der Waals surface area contributed by atoms with Gasteiger partial charge in [0, 0.05) is 33.1 Å². The van der Waals surface area contributed by atoms with Crippen molar-refractivity contribution in [3.8, 4) is 0 Å². The Hall–Kier alpha value is -1.78. The van der Waals surface area contributed by atoms with Gasteiger partial charge in [-0.05, 0) is 31.0 Å². The predicted molar refractivity (Wildman–Crippen MR) is 74.6 cm³/mol. The van der Waals surface area contributed by atoms with Gasteiger partial charge in [-0.25, -0.2) is 4.39 Å². The van der Waals surface area contributed by atoms with Crippen LogP contribution in [0.25, 0.3) is 0 Å². The van der Waals surface area contributed by atoms with Crippen molar-refractivity contribution >= 4 is 17.3 Å². The summed E-state index contributed by atoms with van der Waals surface area (Å²) >= 11 is 0. The molecule has 1 amide bonds. The number of aryl methyl sites for hydroxylation is 1. The minimum absolute atomic E-state index is 0.102. The van der Waals surface area contributed by atoms with Gasteiger partial charge in [0.15, 0.2) is 0 Å². The molecule has 0 aromatic heterocycles. The lowest BCUT2D eigenvalue weighted by atomic mass is 10.1. The van der Waals surface area contributed by atoms with Crippen LogP contribution in [0.5, 0.6) is 0 Å². The third kappa shape index (κ3) is 2.97. The van der Waals surface area contributed by atoms with Gasteiger partial charge >= 0.3 is 0 Å². The molecule has 0 saturated carbocycles. The molecule has 2 N–H and O–H groups in total. The highest BCUT2D eigenvalue weighted by Crippen LogP contribution is 2.27. The number of benzene rings is 1. The number of nitrogens with zero attached hydrogens (tertiary/aromatic N) is 2. The number of halogens is 1. The molecule has 1 aliphatic heterocycles. The highest BCUT2D eigenvalue weighted by molar-refractivity contribution is 5.73. The zero-order valence-corrected chi connectivity index (χ0v) is 11.4. The van der Waals surface area contributed by atoms with Gasteiger partial charge in [0.05, 0.1) is 11.4 Å². The smallest absolute Gasteiger partial charge is 0.219 e. The summed E-state index contributed by atoms with van der Waals surface area (Å²) in [6.45, 7) is 6.34. The first-order valence-corrected chi connectivity index (χ1v) is 6.55. The van der Waals surface area contributed by atoms with Crippen LogP contribution in [0.15, 0.2) is 12.1 Å². The van der Waals surface area contributed by atoms with E-state index < -0.39 is 0 Å². The van der Waals surface area contributed by atoms with Gasteiger partial charge in [0.1, 0.15) is 5.82 Å². The molecule has 1 saturated heterocycles. The predicted octanol–water partition coefficient (Wildman–Crippen LogP) is 1.77. The Morgan fingerprint density at radius 1 is 1.26 bits per heavy atom. The van der Waals surface area contributed by atoms with E-state index in [0.29, 0.717) is 17.8 Å². The molecule has 1 heterocycles. The van der Waals surface area contributed by atoms with E-state index in [0.717, 1.165) is 31.7 Å². The maximum Gasteiger partial charge on any atom is 0.219 e. The monoisotopic (exact) mass is 265 g/mol. The molecule has 1 fully saturated rings. The van der Waals surface area contributed by atoms with E-state index in [-0.39, 0.29) is 11.7 Å². The van der Waals surface area contributed by atoms with E-state index in [1.807, 2.05) is 4.90 Å². The Kier molecular flexibility index (Phi) is 3.93. The van der Waals surface area contributed by atoms with Gasteiger partial charge in [0.2, 0.25) is 5.91 Å². The molecule has 1 aromatic rings. The highest BCUT2D eigenvalue weighted by Gasteiger charge is 2.18. The number of hydrogen-bond donors (Lipinski definition) is 1. The van der Waals surface area contributed by atoms with Crippen LogP contribution >= 0.6 is 0 Å². The minimum Gasteiger partial charge on any atom is -0.397 e. The van der Waals surface area contributed by atoms with Crippen LogP contribution in [0.4, 0.5) is 15.8 Å². The minimum atomic E-state index is -0.276. The lowest BCUT2D eigenvalue weighted by Gasteiger charge is -2.25. The summed E-state index contributed by atoms with van der Waals surface area (Å²) in [5.41, 5.74) is 7.82. The number of nitrogen functional groups attached to an aromatic ring is 1. The van der Waals surface area contributed by atoms with Crippen LogP contribution in [0.3, 0.4) is 0 Å². The van der Waals surface area contributed by atoms with Crippen LogP contribution in [0, 0.1) is 12.7 Å².